The number of nitro benzene ring substituents is 1. The van der Waals surface area contributed by atoms with Crippen molar-refractivity contribution in [1.29, 1.82) is 0 Å². The van der Waals surface area contributed by atoms with Crippen molar-refractivity contribution >= 4 is 17.3 Å². The molecule has 0 radical (unpaired) electrons. The summed E-state index contributed by atoms with van der Waals surface area (Å²) < 4.78 is 2.25. The van der Waals surface area contributed by atoms with Gasteiger partial charge in [0.1, 0.15) is 0 Å². The van der Waals surface area contributed by atoms with E-state index in [1.54, 1.807) is 13.0 Å². The topological polar surface area (TPSA) is 80.4 Å². The summed E-state index contributed by atoms with van der Waals surface area (Å²) in [6.45, 7) is 6.46. The molecule has 7 heteroatoms. The predicted molar refractivity (Wildman–Crippen MR) is 95.5 cm³/mol. The number of aryl methyl sites for hydroxylation is 1. The molecule has 0 aliphatic carbocycles. The molecular weight excluding hydrogens is 320 g/mol. The van der Waals surface area contributed by atoms with Gasteiger partial charge in [-0.3, -0.25) is 19.8 Å². The summed E-state index contributed by atoms with van der Waals surface area (Å²) >= 11 is 0. The van der Waals surface area contributed by atoms with Crippen LogP contribution in [0.5, 0.6) is 0 Å². The molecule has 0 fully saturated rings. The van der Waals surface area contributed by atoms with Crippen LogP contribution in [0.25, 0.3) is 0 Å². The molecule has 1 N–H and O–H groups in total. The molecule has 1 aromatic carbocycles. The highest BCUT2D eigenvalue weighted by Gasteiger charge is 2.23. The van der Waals surface area contributed by atoms with Gasteiger partial charge in [-0.1, -0.05) is 0 Å². The van der Waals surface area contributed by atoms with E-state index in [0.29, 0.717) is 24.2 Å². The number of anilines is 1. The molecule has 132 valence electrons. The number of hydrogen-bond acceptors (Lipinski definition) is 4. The second-order valence-corrected chi connectivity index (χ2v) is 6.39. The zero-order valence-electron chi connectivity index (χ0n) is 14.4. The lowest BCUT2D eigenvalue weighted by molar-refractivity contribution is -0.384. The smallest absolute Gasteiger partial charge is 0.269 e. The van der Waals surface area contributed by atoms with Crippen molar-refractivity contribution in [2.24, 2.45) is 0 Å². The van der Waals surface area contributed by atoms with Crippen LogP contribution in [0.2, 0.25) is 0 Å². The number of hydrogen-bond donors (Lipinski definition) is 1. The number of aromatic nitrogens is 1. The Labute approximate surface area is 146 Å². The van der Waals surface area contributed by atoms with Gasteiger partial charge in [0, 0.05) is 61.8 Å². The molecule has 0 unspecified atom stereocenters. The van der Waals surface area contributed by atoms with Crippen LogP contribution >= 0.6 is 0 Å². The van der Waals surface area contributed by atoms with Gasteiger partial charge in [0.25, 0.3) is 5.69 Å². The summed E-state index contributed by atoms with van der Waals surface area (Å²) in [5.41, 5.74) is 2.61. The van der Waals surface area contributed by atoms with Crippen LogP contribution in [-0.4, -0.2) is 33.4 Å². The largest absolute Gasteiger partial charge is 0.349 e. The first-order valence-corrected chi connectivity index (χ1v) is 8.39. The molecule has 0 spiro atoms. The summed E-state index contributed by atoms with van der Waals surface area (Å²) in [6.07, 6.45) is 2.48. The first-order chi connectivity index (χ1) is 12.0. The van der Waals surface area contributed by atoms with Gasteiger partial charge in [0.05, 0.1) is 4.92 Å². The Bertz CT molecular complexity index is 799. The minimum atomic E-state index is -0.438. The average molecular weight is 342 g/mol. The van der Waals surface area contributed by atoms with E-state index in [1.807, 2.05) is 0 Å². The summed E-state index contributed by atoms with van der Waals surface area (Å²) in [5.74, 6) is -0.0786. The van der Waals surface area contributed by atoms with Crippen LogP contribution in [-0.2, 0) is 11.3 Å². The number of carbonyl (C=O) groups is 1. The van der Waals surface area contributed by atoms with E-state index in [9.17, 15) is 14.9 Å². The standard InChI is InChI=1S/C18H22N4O3/c1-13-12-15(22(24)25)5-6-16(13)19-18(23)7-9-20-10-11-21-8-3-4-17(21)14(20)2/h3-6,8,12,14H,7,9-11H2,1-2H3,(H,19,23)/t14-/m0/s1. The Morgan fingerprint density at radius 1 is 1.36 bits per heavy atom. The van der Waals surface area contributed by atoms with Crippen molar-refractivity contribution in [3.63, 3.8) is 0 Å². The molecule has 1 aliphatic heterocycles. The maximum atomic E-state index is 12.3. The maximum Gasteiger partial charge on any atom is 0.269 e. The fourth-order valence-electron chi connectivity index (χ4n) is 3.29. The number of fused-ring (bicyclic) bond motifs is 1. The number of benzene rings is 1. The summed E-state index contributed by atoms with van der Waals surface area (Å²) in [4.78, 5) is 24.9. The van der Waals surface area contributed by atoms with Gasteiger partial charge in [0.2, 0.25) is 5.91 Å². The van der Waals surface area contributed by atoms with Gasteiger partial charge in [-0.2, -0.15) is 0 Å². The molecule has 1 aromatic heterocycles. The predicted octanol–water partition coefficient (Wildman–Crippen LogP) is 3.11. The Kier molecular flexibility index (Phi) is 4.85. The minimum absolute atomic E-state index is 0.0284. The van der Waals surface area contributed by atoms with Gasteiger partial charge in [-0.25, -0.2) is 0 Å². The first kappa shape index (κ1) is 17.2. The fourth-order valence-corrected chi connectivity index (χ4v) is 3.29. The Balaban J connectivity index is 1.56. The highest BCUT2D eigenvalue weighted by molar-refractivity contribution is 5.91. The lowest BCUT2D eigenvalue weighted by atomic mass is 10.1. The van der Waals surface area contributed by atoms with E-state index in [1.165, 1.54) is 17.8 Å². The lowest BCUT2D eigenvalue weighted by Gasteiger charge is -2.34. The molecule has 3 rings (SSSR count). The third-order valence-electron chi connectivity index (χ3n) is 4.79. The molecule has 0 saturated carbocycles. The van der Waals surface area contributed by atoms with E-state index < -0.39 is 4.92 Å². The second-order valence-electron chi connectivity index (χ2n) is 6.39. The van der Waals surface area contributed by atoms with Crippen molar-refractivity contribution in [3.05, 3.63) is 57.9 Å². The molecular formula is C18H22N4O3. The molecule has 2 aromatic rings. The number of nitro groups is 1. The molecule has 2 heterocycles. The van der Waals surface area contributed by atoms with Crippen LogP contribution in [0.15, 0.2) is 36.5 Å². The zero-order chi connectivity index (χ0) is 18.0. The minimum Gasteiger partial charge on any atom is -0.349 e. The van der Waals surface area contributed by atoms with Crippen LogP contribution in [0.3, 0.4) is 0 Å². The van der Waals surface area contributed by atoms with Gasteiger partial charge >= 0.3 is 0 Å². The highest BCUT2D eigenvalue weighted by atomic mass is 16.6. The van der Waals surface area contributed by atoms with E-state index in [2.05, 4.69) is 40.0 Å². The Morgan fingerprint density at radius 2 is 2.16 bits per heavy atom. The maximum absolute atomic E-state index is 12.3. The number of carbonyl (C=O) groups excluding carboxylic acids is 1. The molecule has 0 saturated heterocycles. The number of rotatable bonds is 5. The van der Waals surface area contributed by atoms with E-state index in [0.717, 1.165) is 13.1 Å². The Morgan fingerprint density at radius 3 is 2.88 bits per heavy atom. The number of non-ortho nitro benzene ring substituents is 1. The zero-order valence-corrected chi connectivity index (χ0v) is 14.4. The monoisotopic (exact) mass is 342 g/mol. The van der Waals surface area contributed by atoms with Gasteiger partial charge in [0.15, 0.2) is 0 Å². The van der Waals surface area contributed by atoms with Crippen molar-refractivity contribution in [2.75, 3.05) is 18.4 Å². The SMILES string of the molecule is Cc1cc([N+](=O)[O-])ccc1NC(=O)CCN1CCn2cccc2[C@@H]1C. The van der Waals surface area contributed by atoms with Crippen LogP contribution < -0.4 is 5.32 Å². The molecule has 1 aliphatic rings. The Hall–Kier alpha value is -2.67. The third kappa shape index (κ3) is 3.71. The third-order valence-corrected chi connectivity index (χ3v) is 4.79. The van der Waals surface area contributed by atoms with Crippen molar-refractivity contribution in [1.82, 2.24) is 9.47 Å². The lowest BCUT2D eigenvalue weighted by Crippen LogP contribution is -2.38. The van der Waals surface area contributed by atoms with Crippen LogP contribution in [0, 0.1) is 17.0 Å². The van der Waals surface area contributed by atoms with Gasteiger partial charge in [-0.05, 0) is 37.6 Å². The molecule has 1 amide bonds. The number of nitrogens with one attached hydrogen (secondary N) is 1. The van der Waals surface area contributed by atoms with Crippen LogP contribution in [0.1, 0.15) is 30.6 Å². The van der Waals surface area contributed by atoms with Crippen molar-refractivity contribution < 1.29 is 9.72 Å². The average Bonchev–Trinajstić information content (AvgIpc) is 3.05. The number of amides is 1. The molecule has 7 nitrogen and oxygen atoms in total. The van der Waals surface area contributed by atoms with Gasteiger partial charge < -0.3 is 9.88 Å². The quantitative estimate of drug-likeness (QED) is 0.669. The van der Waals surface area contributed by atoms with Crippen molar-refractivity contribution in [2.45, 2.75) is 32.9 Å². The normalized spacial score (nSPS) is 17.1. The fraction of sp³-hybridized carbons (Fsp3) is 0.389. The van der Waals surface area contributed by atoms with Crippen molar-refractivity contribution in [3.8, 4) is 0 Å². The summed E-state index contributed by atoms with van der Waals surface area (Å²) in [5, 5.41) is 13.6. The van der Waals surface area contributed by atoms with E-state index in [-0.39, 0.29) is 17.6 Å². The molecule has 1 atom stereocenters. The summed E-state index contributed by atoms with van der Waals surface area (Å²) in [7, 11) is 0. The van der Waals surface area contributed by atoms with Crippen LogP contribution in [0.4, 0.5) is 11.4 Å². The second kappa shape index (κ2) is 7.06. The molecule has 25 heavy (non-hydrogen) atoms. The molecule has 0 bridgehead atoms. The van der Waals surface area contributed by atoms with Gasteiger partial charge in [-0.15, -0.1) is 0 Å². The summed E-state index contributed by atoms with van der Waals surface area (Å²) in [6, 6.07) is 8.93. The van der Waals surface area contributed by atoms with E-state index >= 15 is 0 Å². The first-order valence-electron chi connectivity index (χ1n) is 8.39. The number of nitrogens with zero attached hydrogens (tertiary/aromatic N) is 3. The van der Waals surface area contributed by atoms with E-state index in [4.69, 9.17) is 0 Å². The highest BCUT2D eigenvalue weighted by Crippen LogP contribution is 2.25.